The Balaban J connectivity index is 2.08. The minimum absolute atomic E-state index is 0.454. The van der Waals surface area contributed by atoms with Crippen molar-refractivity contribution in [2.45, 2.75) is 32.1 Å². The van der Waals surface area contributed by atoms with Crippen LogP contribution in [0.25, 0.3) is 0 Å². The van der Waals surface area contributed by atoms with Crippen LogP contribution in [0, 0.1) is 5.41 Å². The normalized spacial score (nSPS) is 18.9. The zero-order valence-electron chi connectivity index (χ0n) is 9.80. The van der Waals surface area contributed by atoms with Gasteiger partial charge in [-0.3, -0.25) is 4.98 Å². The van der Waals surface area contributed by atoms with E-state index in [1.54, 1.807) is 0 Å². The molecule has 16 heavy (non-hydrogen) atoms. The molecule has 1 heterocycles. The van der Waals surface area contributed by atoms with E-state index in [4.69, 9.17) is 0 Å². The third-order valence-electron chi connectivity index (χ3n) is 3.56. The van der Waals surface area contributed by atoms with Gasteiger partial charge in [-0.25, -0.2) is 0 Å². The van der Waals surface area contributed by atoms with E-state index in [2.05, 4.69) is 45.4 Å². The molecule has 0 unspecified atom stereocenters. The first-order valence-corrected chi connectivity index (χ1v) is 6.78. The fourth-order valence-corrected chi connectivity index (χ4v) is 3.05. The number of halogens is 1. The van der Waals surface area contributed by atoms with Crippen LogP contribution in [0.2, 0.25) is 0 Å². The number of aromatic nitrogens is 1. The lowest BCUT2D eigenvalue weighted by Crippen LogP contribution is -2.32. The fraction of sp³-hybridized carbons (Fsp3) is 0.615. The minimum atomic E-state index is 0.454. The molecule has 0 radical (unpaired) electrons. The number of nitrogens with zero attached hydrogens (tertiary/aromatic N) is 1. The van der Waals surface area contributed by atoms with E-state index in [9.17, 15) is 0 Å². The highest BCUT2D eigenvalue weighted by Gasteiger charge is 2.33. The van der Waals surface area contributed by atoms with Crippen LogP contribution in [0.3, 0.4) is 0 Å². The average molecular weight is 283 g/mol. The van der Waals surface area contributed by atoms with E-state index >= 15 is 0 Å². The fourth-order valence-electron chi connectivity index (χ4n) is 2.81. The molecule has 1 N–H and O–H groups in total. The second kappa shape index (κ2) is 5.28. The molecule has 0 atom stereocenters. The first kappa shape index (κ1) is 12.1. The number of pyridine rings is 1. The van der Waals surface area contributed by atoms with Gasteiger partial charge in [0.25, 0.3) is 0 Å². The molecule has 0 aromatic carbocycles. The van der Waals surface area contributed by atoms with Gasteiger partial charge >= 0.3 is 0 Å². The summed E-state index contributed by atoms with van der Waals surface area (Å²) < 4.78 is 1.06. The van der Waals surface area contributed by atoms with Crippen molar-refractivity contribution in [2.24, 2.45) is 5.41 Å². The molecule has 2 nitrogen and oxygen atoms in total. The van der Waals surface area contributed by atoms with E-state index in [1.165, 1.54) is 31.4 Å². The summed E-state index contributed by atoms with van der Waals surface area (Å²) in [5.74, 6) is 0. The molecule has 1 aromatic rings. The highest BCUT2D eigenvalue weighted by atomic mass is 79.9. The maximum absolute atomic E-state index is 4.49. The predicted octanol–water partition coefficient (Wildman–Crippen LogP) is 3.17. The van der Waals surface area contributed by atoms with E-state index in [0.29, 0.717) is 5.41 Å². The van der Waals surface area contributed by atoms with Gasteiger partial charge < -0.3 is 5.32 Å². The third-order valence-corrected chi connectivity index (χ3v) is 4.03. The number of hydrogen-bond acceptors (Lipinski definition) is 2. The smallest absolute Gasteiger partial charge is 0.0413 e. The van der Waals surface area contributed by atoms with Gasteiger partial charge in [0.05, 0.1) is 0 Å². The summed E-state index contributed by atoms with van der Waals surface area (Å²) in [5.41, 5.74) is 1.68. The quantitative estimate of drug-likeness (QED) is 0.918. The van der Waals surface area contributed by atoms with Gasteiger partial charge in [-0.05, 0) is 59.8 Å². The highest BCUT2D eigenvalue weighted by molar-refractivity contribution is 9.10. The monoisotopic (exact) mass is 282 g/mol. The summed E-state index contributed by atoms with van der Waals surface area (Å²) in [5, 5.41) is 3.35. The van der Waals surface area contributed by atoms with Gasteiger partial charge in [-0.1, -0.05) is 12.8 Å². The molecule has 0 amide bonds. The van der Waals surface area contributed by atoms with Crippen LogP contribution < -0.4 is 5.32 Å². The summed E-state index contributed by atoms with van der Waals surface area (Å²) >= 11 is 3.43. The van der Waals surface area contributed by atoms with Gasteiger partial charge in [-0.2, -0.15) is 0 Å². The molecule has 0 aliphatic heterocycles. The molecule has 1 aliphatic carbocycles. The Bertz CT molecular complexity index is 328. The first-order chi connectivity index (χ1) is 7.74. The topological polar surface area (TPSA) is 24.9 Å². The summed E-state index contributed by atoms with van der Waals surface area (Å²) in [4.78, 5) is 4.49. The van der Waals surface area contributed by atoms with E-state index in [-0.39, 0.29) is 0 Å². The van der Waals surface area contributed by atoms with Gasteiger partial charge in [-0.15, -0.1) is 0 Å². The van der Waals surface area contributed by atoms with E-state index in [1.807, 2.05) is 6.20 Å². The van der Waals surface area contributed by atoms with Gasteiger partial charge in [0.2, 0.25) is 0 Å². The summed E-state index contributed by atoms with van der Waals surface area (Å²) in [6.45, 7) is 1.12. The maximum atomic E-state index is 4.49. The van der Waals surface area contributed by atoms with Crippen LogP contribution in [0.15, 0.2) is 22.8 Å². The Hall–Kier alpha value is -0.410. The summed E-state index contributed by atoms with van der Waals surface area (Å²) in [7, 11) is 2.05. The second-order valence-corrected chi connectivity index (χ2v) is 5.80. The molecule has 1 aromatic heterocycles. The van der Waals surface area contributed by atoms with E-state index < -0.39 is 0 Å². The molecule has 1 aliphatic rings. The van der Waals surface area contributed by atoms with Crippen LogP contribution in [0.1, 0.15) is 31.4 Å². The van der Waals surface area contributed by atoms with Crippen molar-refractivity contribution in [1.29, 1.82) is 0 Å². The molecule has 0 bridgehead atoms. The van der Waals surface area contributed by atoms with Crippen LogP contribution in [0.5, 0.6) is 0 Å². The maximum Gasteiger partial charge on any atom is 0.0413 e. The van der Waals surface area contributed by atoms with Crippen LogP contribution in [-0.2, 0) is 6.42 Å². The Morgan fingerprint density at radius 3 is 2.69 bits per heavy atom. The Morgan fingerprint density at radius 1 is 1.38 bits per heavy atom. The first-order valence-electron chi connectivity index (χ1n) is 5.99. The van der Waals surface area contributed by atoms with Gasteiger partial charge in [0, 0.05) is 22.9 Å². The van der Waals surface area contributed by atoms with Gasteiger partial charge in [0.1, 0.15) is 0 Å². The average Bonchev–Trinajstić information content (AvgIpc) is 2.71. The van der Waals surface area contributed by atoms with Crippen LogP contribution in [-0.4, -0.2) is 18.6 Å². The molecule has 88 valence electrons. The summed E-state index contributed by atoms with van der Waals surface area (Å²) in [6.07, 6.45) is 8.44. The van der Waals surface area contributed by atoms with Crippen molar-refractivity contribution < 1.29 is 0 Å². The van der Waals surface area contributed by atoms with Crippen LogP contribution >= 0.6 is 15.9 Å². The van der Waals surface area contributed by atoms with Crippen molar-refractivity contribution in [2.75, 3.05) is 13.6 Å². The van der Waals surface area contributed by atoms with Crippen molar-refractivity contribution in [1.82, 2.24) is 10.3 Å². The molecular formula is C13H19BrN2. The molecular weight excluding hydrogens is 264 g/mol. The van der Waals surface area contributed by atoms with Crippen LogP contribution in [0.4, 0.5) is 0 Å². The van der Waals surface area contributed by atoms with Crippen molar-refractivity contribution in [3.63, 3.8) is 0 Å². The molecule has 1 saturated carbocycles. The Labute approximate surface area is 106 Å². The number of nitrogens with one attached hydrogen (secondary N) is 1. The zero-order chi connectivity index (χ0) is 11.4. The molecule has 0 spiro atoms. The predicted molar refractivity (Wildman–Crippen MR) is 70.5 cm³/mol. The second-order valence-electron chi connectivity index (χ2n) is 4.88. The Kier molecular flexibility index (Phi) is 3.98. The van der Waals surface area contributed by atoms with Gasteiger partial charge in [0.15, 0.2) is 0 Å². The summed E-state index contributed by atoms with van der Waals surface area (Å²) in [6, 6.07) is 4.23. The minimum Gasteiger partial charge on any atom is -0.319 e. The molecule has 0 saturated heterocycles. The SMILES string of the molecule is CNCC1(Cc2ccc(Br)cn2)CCCC1. The lowest BCUT2D eigenvalue weighted by molar-refractivity contribution is 0.283. The third kappa shape index (κ3) is 2.83. The lowest BCUT2D eigenvalue weighted by Gasteiger charge is -2.28. The van der Waals surface area contributed by atoms with Crippen molar-refractivity contribution in [3.8, 4) is 0 Å². The largest absolute Gasteiger partial charge is 0.319 e. The zero-order valence-corrected chi connectivity index (χ0v) is 11.4. The molecule has 2 rings (SSSR count). The van der Waals surface area contributed by atoms with Crippen molar-refractivity contribution in [3.05, 3.63) is 28.5 Å². The lowest BCUT2D eigenvalue weighted by atomic mass is 9.81. The standard InChI is InChI=1S/C13H19BrN2/c1-15-10-13(6-2-3-7-13)8-12-5-4-11(14)9-16-12/h4-5,9,15H,2-3,6-8,10H2,1H3. The highest BCUT2D eigenvalue weighted by Crippen LogP contribution is 2.40. The van der Waals surface area contributed by atoms with E-state index in [0.717, 1.165) is 17.4 Å². The Morgan fingerprint density at radius 2 is 2.12 bits per heavy atom. The molecule has 3 heteroatoms. The molecule has 1 fully saturated rings. The number of rotatable bonds is 4. The van der Waals surface area contributed by atoms with Crippen molar-refractivity contribution >= 4 is 15.9 Å². The number of hydrogen-bond donors (Lipinski definition) is 1.